The van der Waals surface area contributed by atoms with Crippen molar-refractivity contribution in [2.24, 2.45) is 4.99 Å². The number of hydrogen-bond acceptors (Lipinski definition) is 5. The second-order valence-electron chi connectivity index (χ2n) is 7.92. The summed E-state index contributed by atoms with van der Waals surface area (Å²) in [6.45, 7) is 12.1. The first-order valence-electron chi connectivity index (χ1n) is 10.9. The summed E-state index contributed by atoms with van der Waals surface area (Å²) in [5.74, 6) is 2.21. The summed E-state index contributed by atoms with van der Waals surface area (Å²) in [5.41, 5.74) is 3.41. The molecule has 0 saturated carbocycles. The number of aliphatic imine (C=N–C) groups is 1. The van der Waals surface area contributed by atoms with Gasteiger partial charge in [-0.05, 0) is 25.5 Å². The maximum absolute atomic E-state index is 6.20. The fourth-order valence-electron chi connectivity index (χ4n) is 3.21. The van der Waals surface area contributed by atoms with Gasteiger partial charge in [-0.25, -0.2) is 9.98 Å². The molecule has 0 spiro atoms. The average Bonchev–Trinajstić information content (AvgIpc) is 3.39. The highest BCUT2D eigenvalue weighted by molar-refractivity contribution is 7.09. The van der Waals surface area contributed by atoms with Crippen molar-refractivity contribution in [2.75, 3.05) is 26.3 Å². The molecule has 2 heterocycles. The second-order valence-corrected chi connectivity index (χ2v) is 8.81. The Balaban J connectivity index is 1.59. The van der Waals surface area contributed by atoms with E-state index in [0.29, 0.717) is 19.1 Å². The van der Waals surface area contributed by atoms with Gasteiger partial charge in [0.2, 0.25) is 0 Å². The highest BCUT2D eigenvalue weighted by Crippen LogP contribution is 2.24. The number of guanidine groups is 1. The molecule has 0 aliphatic carbocycles. The summed E-state index contributed by atoms with van der Waals surface area (Å²) in [6, 6.07) is 6.31. The van der Waals surface area contributed by atoms with Crippen molar-refractivity contribution in [3.8, 4) is 5.75 Å². The zero-order valence-corrected chi connectivity index (χ0v) is 19.3. The summed E-state index contributed by atoms with van der Waals surface area (Å²) in [5, 5.41) is 10.1. The van der Waals surface area contributed by atoms with Gasteiger partial charge in [-0.2, -0.15) is 0 Å². The molecule has 2 aromatic rings. The molecule has 30 heavy (non-hydrogen) atoms. The van der Waals surface area contributed by atoms with Crippen LogP contribution in [0.4, 0.5) is 0 Å². The van der Waals surface area contributed by atoms with Gasteiger partial charge in [0.15, 0.2) is 5.96 Å². The lowest BCUT2D eigenvalue weighted by Crippen LogP contribution is -2.38. The molecule has 1 unspecified atom stereocenters. The van der Waals surface area contributed by atoms with Crippen LogP contribution in [0.2, 0.25) is 0 Å². The van der Waals surface area contributed by atoms with E-state index in [1.54, 1.807) is 11.3 Å². The molecule has 0 radical (unpaired) electrons. The van der Waals surface area contributed by atoms with Crippen LogP contribution < -0.4 is 15.4 Å². The molecule has 1 saturated heterocycles. The van der Waals surface area contributed by atoms with Crippen molar-refractivity contribution in [3.63, 3.8) is 0 Å². The monoisotopic (exact) mass is 430 g/mol. The van der Waals surface area contributed by atoms with Crippen molar-refractivity contribution in [3.05, 3.63) is 45.4 Å². The SMILES string of the molecule is CCNC(=NCc1ccc(C)cc1OC1CCOC1)NCCc1csc(C(C)C)n1. The van der Waals surface area contributed by atoms with Crippen LogP contribution in [-0.4, -0.2) is 43.4 Å². The Kier molecular flexibility index (Phi) is 8.51. The molecule has 0 bridgehead atoms. The minimum Gasteiger partial charge on any atom is -0.488 e. The van der Waals surface area contributed by atoms with Gasteiger partial charge in [-0.1, -0.05) is 26.0 Å². The molecule has 1 atom stereocenters. The third-order valence-corrected chi connectivity index (χ3v) is 6.09. The summed E-state index contributed by atoms with van der Waals surface area (Å²) in [7, 11) is 0. The maximum Gasteiger partial charge on any atom is 0.191 e. The minimum absolute atomic E-state index is 0.134. The van der Waals surface area contributed by atoms with Crippen LogP contribution in [0, 0.1) is 6.92 Å². The van der Waals surface area contributed by atoms with Crippen molar-refractivity contribution in [1.82, 2.24) is 15.6 Å². The lowest BCUT2D eigenvalue weighted by atomic mass is 10.1. The normalized spacial score (nSPS) is 16.8. The van der Waals surface area contributed by atoms with Gasteiger partial charge in [0.25, 0.3) is 0 Å². The number of rotatable bonds is 9. The van der Waals surface area contributed by atoms with Crippen molar-refractivity contribution in [2.45, 2.75) is 59.1 Å². The zero-order valence-electron chi connectivity index (χ0n) is 18.5. The summed E-state index contributed by atoms with van der Waals surface area (Å²) in [4.78, 5) is 9.48. The number of nitrogens with zero attached hydrogens (tertiary/aromatic N) is 2. The Bertz CT molecular complexity index is 828. The first kappa shape index (κ1) is 22.6. The van der Waals surface area contributed by atoms with Gasteiger partial charge in [0, 0.05) is 42.8 Å². The molecule has 1 aliphatic heterocycles. The van der Waals surface area contributed by atoms with E-state index in [4.69, 9.17) is 19.5 Å². The van der Waals surface area contributed by atoms with Crippen LogP contribution in [-0.2, 0) is 17.7 Å². The molecule has 7 heteroatoms. The molecule has 0 amide bonds. The standard InChI is InChI=1S/C23H34N4O2S/c1-5-24-23(25-10-8-19-15-30-22(27-19)16(2)3)26-13-18-7-6-17(4)12-21(18)29-20-9-11-28-14-20/h6-7,12,15-16,20H,5,8-11,13-14H2,1-4H3,(H2,24,25,26). The Morgan fingerprint density at radius 1 is 1.37 bits per heavy atom. The van der Waals surface area contributed by atoms with E-state index in [1.165, 1.54) is 10.6 Å². The fraction of sp³-hybridized carbons (Fsp3) is 0.565. The van der Waals surface area contributed by atoms with Gasteiger partial charge in [0.05, 0.1) is 30.5 Å². The molecule has 1 aromatic carbocycles. The summed E-state index contributed by atoms with van der Waals surface area (Å²) in [6.07, 6.45) is 1.96. The van der Waals surface area contributed by atoms with E-state index >= 15 is 0 Å². The van der Waals surface area contributed by atoms with Crippen LogP contribution in [0.25, 0.3) is 0 Å². The largest absolute Gasteiger partial charge is 0.488 e. The first-order chi connectivity index (χ1) is 14.5. The molecular formula is C23H34N4O2S. The van der Waals surface area contributed by atoms with Crippen molar-refractivity contribution in [1.29, 1.82) is 0 Å². The van der Waals surface area contributed by atoms with Crippen LogP contribution >= 0.6 is 11.3 Å². The Morgan fingerprint density at radius 2 is 2.23 bits per heavy atom. The highest BCUT2D eigenvalue weighted by atomic mass is 32.1. The van der Waals surface area contributed by atoms with Gasteiger partial charge >= 0.3 is 0 Å². The number of thiazole rings is 1. The molecular weight excluding hydrogens is 396 g/mol. The number of aryl methyl sites for hydroxylation is 1. The van der Waals surface area contributed by atoms with E-state index < -0.39 is 0 Å². The number of nitrogens with one attached hydrogen (secondary N) is 2. The number of ether oxygens (including phenoxy) is 2. The van der Waals surface area contributed by atoms with Crippen molar-refractivity contribution < 1.29 is 9.47 Å². The first-order valence-corrected chi connectivity index (χ1v) is 11.7. The van der Waals surface area contributed by atoms with Crippen LogP contribution in [0.5, 0.6) is 5.75 Å². The maximum atomic E-state index is 6.20. The van der Waals surface area contributed by atoms with E-state index in [-0.39, 0.29) is 6.10 Å². The highest BCUT2D eigenvalue weighted by Gasteiger charge is 2.18. The third-order valence-electron chi connectivity index (χ3n) is 4.89. The zero-order chi connectivity index (χ0) is 21.3. The topological polar surface area (TPSA) is 67.8 Å². The molecule has 3 rings (SSSR count). The molecule has 6 nitrogen and oxygen atoms in total. The van der Waals surface area contributed by atoms with Gasteiger partial charge in [0.1, 0.15) is 11.9 Å². The number of aromatic nitrogens is 1. The van der Waals surface area contributed by atoms with Crippen LogP contribution in [0.3, 0.4) is 0 Å². The molecule has 1 fully saturated rings. The van der Waals surface area contributed by atoms with Crippen molar-refractivity contribution >= 4 is 17.3 Å². The fourth-order valence-corrected chi connectivity index (χ4v) is 4.07. The molecule has 1 aromatic heterocycles. The predicted molar refractivity (Wildman–Crippen MR) is 124 cm³/mol. The lowest BCUT2D eigenvalue weighted by Gasteiger charge is -2.16. The van der Waals surface area contributed by atoms with Crippen LogP contribution in [0.1, 0.15) is 54.9 Å². The quantitative estimate of drug-likeness (QED) is 0.464. The Morgan fingerprint density at radius 3 is 2.93 bits per heavy atom. The van der Waals surface area contributed by atoms with E-state index in [0.717, 1.165) is 55.5 Å². The molecule has 164 valence electrons. The smallest absolute Gasteiger partial charge is 0.191 e. The molecule has 2 N–H and O–H groups in total. The summed E-state index contributed by atoms with van der Waals surface area (Å²) < 4.78 is 11.6. The van der Waals surface area contributed by atoms with E-state index in [9.17, 15) is 0 Å². The van der Waals surface area contributed by atoms with E-state index in [2.05, 4.69) is 61.9 Å². The molecule has 1 aliphatic rings. The average molecular weight is 431 g/mol. The van der Waals surface area contributed by atoms with Gasteiger partial charge in [-0.15, -0.1) is 11.3 Å². The Hall–Kier alpha value is -2.12. The van der Waals surface area contributed by atoms with Gasteiger partial charge < -0.3 is 20.1 Å². The number of benzene rings is 1. The van der Waals surface area contributed by atoms with Gasteiger partial charge in [-0.3, -0.25) is 0 Å². The third kappa shape index (κ3) is 6.71. The number of hydrogen-bond donors (Lipinski definition) is 2. The minimum atomic E-state index is 0.134. The Labute approximate surface area is 184 Å². The summed E-state index contributed by atoms with van der Waals surface area (Å²) >= 11 is 1.74. The lowest BCUT2D eigenvalue weighted by molar-refractivity contribution is 0.140. The second kappa shape index (κ2) is 11.3. The van der Waals surface area contributed by atoms with Crippen LogP contribution in [0.15, 0.2) is 28.6 Å². The van der Waals surface area contributed by atoms with E-state index in [1.807, 2.05) is 0 Å². The predicted octanol–water partition coefficient (Wildman–Crippen LogP) is 4.04.